The molecule has 0 spiro atoms. The number of halogens is 1. The normalized spacial score (nSPS) is 11.7. The highest BCUT2D eigenvalue weighted by Crippen LogP contribution is 2.21. The first-order chi connectivity index (χ1) is 12.5. The summed E-state index contributed by atoms with van der Waals surface area (Å²) >= 11 is 5.98. The van der Waals surface area contributed by atoms with E-state index >= 15 is 0 Å². The number of aryl methyl sites for hydroxylation is 1. The van der Waals surface area contributed by atoms with E-state index in [2.05, 4.69) is 20.6 Å². The molecule has 5 nitrogen and oxygen atoms in total. The van der Waals surface area contributed by atoms with Crippen molar-refractivity contribution in [1.82, 2.24) is 9.97 Å². The van der Waals surface area contributed by atoms with Crippen LogP contribution in [0.4, 0.5) is 11.5 Å². The molecule has 2 N–H and O–H groups in total. The van der Waals surface area contributed by atoms with Crippen LogP contribution in [0.1, 0.15) is 34.6 Å². The van der Waals surface area contributed by atoms with E-state index in [0.29, 0.717) is 16.5 Å². The van der Waals surface area contributed by atoms with Crippen LogP contribution in [0.25, 0.3) is 0 Å². The van der Waals surface area contributed by atoms with Crippen molar-refractivity contribution >= 4 is 29.0 Å². The number of hydrogen-bond acceptors (Lipinski definition) is 4. The maximum absolute atomic E-state index is 12.4. The zero-order valence-electron chi connectivity index (χ0n) is 14.5. The Balaban J connectivity index is 1.67. The molecule has 3 rings (SSSR count). The van der Waals surface area contributed by atoms with Crippen LogP contribution < -0.4 is 10.6 Å². The van der Waals surface area contributed by atoms with Gasteiger partial charge >= 0.3 is 0 Å². The SMILES string of the molecule is Cc1ccc(Cl)cc1NC(=O)c1cnc(NC(C)c2ccccc2)cn1. The third kappa shape index (κ3) is 4.37. The predicted molar refractivity (Wildman–Crippen MR) is 105 cm³/mol. The third-order valence-corrected chi connectivity index (χ3v) is 4.23. The molecule has 0 aliphatic heterocycles. The van der Waals surface area contributed by atoms with E-state index in [1.54, 1.807) is 18.3 Å². The van der Waals surface area contributed by atoms with Gasteiger partial charge in [0, 0.05) is 16.8 Å². The molecule has 1 amide bonds. The Morgan fingerprint density at radius 3 is 2.54 bits per heavy atom. The maximum atomic E-state index is 12.4. The van der Waals surface area contributed by atoms with Gasteiger partial charge in [-0.05, 0) is 37.1 Å². The van der Waals surface area contributed by atoms with Gasteiger partial charge in [-0.3, -0.25) is 4.79 Å². The third-order valence-electron chi connectivity index (χ3n) is 4.00. The summed E-state index contributed by atoms with van der Waals surface area (Å²) in [5.41, 5.74) is 2.96. The lowest BCUT2D eigenvalue weighted by Gasteiger charge is -2.14. The largest absolute Gasteiger partial charge is 0.362 e. The monoisotopic (exact) mass is 366 g/mol. The fourth-order valence-corrected chi connectivity index (χ4v) is 2.65. The summed E-state index contributed by atoms with van der Waals surface area (Å²) in [6.07, 6.45) is 3.01. The van der Waals surface area contributed by atoms with Gasteiger partial charge in [0.2, 0.25) is 0 Å². The Hall–Kier alpha value is -2.92. The van der Waals surface area contributed by atoms with Gasteiger partial charge in [-0.1, -0.05) is 48.0 Å². The second-order valence-corrected chi connectivity index (χ2v) is 6.41. The van der Waals surface area contributed by atoms with Crippen molar-refractivity contribution in [2.24, 2.45) is 0 Å². The van der Waals surface area contributed by atoms with Crippen molar-refractivity contribution in [3.63, 3.8) is 0 Å². The second kappa shape index (κ2) is 7.97. The Kier molecular flexibility index (Phi) is 5.49. The number of benzene rings is 2. The van der Waals surface area contributed by atoms with Crippen molar-refractivity contribution in [3.8, 4) is 0 Å². The second-order valence-electron chi connectivity index (χ2n) is 5.98. The quantitative estimate of drug-likeness (QED) is 0.676. The van der Waals surface area contributed by atoms with Crippen molar-refractivity contribution in [2.75, 3.05) is 10.6 Å². The van der Waals surface area contributed by atoms with Gasteiger partial charge in [0.05, 0.1) is 12.4 Å². The first kappa shape index (κ1) is 17.9. The number of nitrogens with zero attached hydrogens (tertiary/aromatic N) is 2. The molecule has 1 heterocycles. The van der Waals surface area contributed by atoms with Crippen molar-refractivity contribution in [1.29, 1.82) is 0 Å². The lowest BCUT2D eigenvalue weighted by Crippen LogP contribution is -2.15. The van der Waals surface area contributed by atoms with Crippen LogP contribution in [0.2, 0.25) is 5.02 Å². The molecule has 2 aromatic carbocycles. The van der Waals surface area contributed by atoms with Crippen LogP contribution in [0.5, 0.6) is 0 Å². The number of rotatable bonds is 5. The van der Waals surface area contributed by atoms with Gasteiger partial charge in [0.15, 0.2) is 0 Å². The number of amides is 1. The van der Waals surface area contributed by atoms with E-state index in [-0.39, 0.29) is 17.6 Å². The summed E-state index contributed by atoms with van der Waals surface area (Å²) in [6, 6.07) is 15.5. The van der Waals surface area contributed by atoms with E-state index in [4.69, 9.17) is 11.6 Å². The van der Waals surface area contributed by atoms with Gasteiger partial charge in [-0.2, -0.15) is 0 Å². The highest BCUT2D eigenvalue weighted by atomic mass is 35.5. The van der Waals surface area contributed by atoms with Crippen LogP contribution >= 0.6 is 11.6 Å². The molecule has 0 saturated heterocycles. The Bertz CT molecular complexity index is 897. The van der Waals surface area contributed by atoms with E-state index in [1.165, 1.54) is 6.20 Å². The molecule has 132 valence electrons. The van der Waals surface area contributed by atoms with Crippen LogP contribution in [-0.2, 0) is 0 Å². The summed E-state index contributed by atoms with van der Waals surface area (Å²) in [5, 5.41) is 6.64. The fraction of sp³-hybridized carbons (Fsp3) is 0.150. The molecule has 0 aliphatic carbocycles. The Morgan fingerprint density at radius 2 is 1.85 bits per heavy atom. The van der Waals surface area contributed by atoms with Crippen molar-refractivity contribution < 1.29 is 4.79 Å². The maximum Gasteiger partial charge on any atom is 0.275 e. The van der Waals surface area contributed by atoms with Crippen LogP contribution in [0.3, 0.4) is 0 Å². The molecule has 0 aliphatic rings. The number of hydrogen-bond donors (Lipinski definition) is 2. The first-order valence-electron chi connectivity index (χ1n) is 8.24. The Morgan fingerprint density at radius 1 is 1.08 bits per heavy atom. The predicted octanol–water partition coefficient (Wildman–Crippen LogP) is 4.86. The van der Waals surface area contributed by atoms with E-state index in [0.717, 1.165) is 11.1 Å². The summed E-state index contributed by atoms with van der Waals surface area (Å²) in [4.78, 5) is 20.8. The van der Waals surface area contributed by atoms with Gasteiger partial charge in [-0.15, -0.1) is 0 Å². The highest BCUT2D eigenvalue weighted by Gasteiger charge is 2.11. The lowest BCUT2D eigenvalue weighted by atomic mass is 10.1. The Labute approximate surface area is 157 Å². The fourth-order valence-electron chi connectivity index (χ4n) is 2.48. The minimum Gasteiger partial charge on any atom is -0.362 e. The summed E-state index contributed by atoms with van der Waals surface area (Å²) in [7, 11) is 0. The molecule has 1 atom stereocenters. The number of carbonyl (C=O) groups is 1. The molecule has 1 unspecified atom stereocenters. The zero-order chi connectivity index (χ0) is 18.5. The molecule has 0 fully saturated rings. The molecule has 26 heavy (non-hydrogen) atoms. The number of aromatic nitrogens is 2. The van der Waals surface area contributed by atoms with Gasteiger partial charge < -0.3 is 10.6 Å². The van der Waals surface area contributed by atoms with Crippen molar-refractivity contribution in [2.45, 2.75) is 19.9 Å². The molecular formula is C20H19ClN4O. The smallest absolute Gasteiger partial charge is 0.275 e. The van der Waals surface area contributed by atoms with E-state index < -0.39 is 0 Å². The van der Waals surface area contributed by atoms with Crippen LogP contribution in [-0.4, -0.2) is 15.9 Å². The minimum atomic E-state index is -0.328. The minimum absolute atomic E-state index is 0.0827. The number of carbonyl (C=O) groups excluding carboxylic acids is 1. The van der Waals surface area contributed by atoms with E-state index in [1.807, 2.05) is 50.2 Å². The molecule has 1 aromatic heterocycles. The lowest BCUT2D eigenvalue weighted by molar-refractivity contribution is 0.102. The van der Waals surface area contributed by atoms with Crippen molar-refractivity contribution in [3.05, 3.63) is 82.8 Å². The van der Waals surface area contributed by atoms with E-state index in [9.17, 15) is 4.79 Å². The topological polar surface area (TPSA) is 66.9 Å². The summed E-state index contributed by atoms with van der Waals surface area (Å²) < 4.78 is 0. The number of nitrogens with one attached hydrogen (secondary N) is 2. The average molecular weight is 367 g/mol. The van der Waals surface area contributed by atoms with Gasteiger partial charge in [0.25, 0.3) is 5.91 Å². The van der Waals surface area contributed by atoms with Gasteiger partial charge in [-0.25, -0.2) is 9.97 Å². The van der Waals surface area contributed by atoms with Crippen LogP contribution in [0.15, 0.2) is 60.9 Å². The van der Waals surface area contributed by atoms with Crippen LogP contribution in [0, 0.1) is 6.92 Å². The highest BCUT2D eigenvalue weighted by molar-refractivity contribution is 6.31. The molecule has 3 aromatic rings. The average Bonchev–Trinajstić information content (AvgIpc) is 2.66. The zero-order valence-corrected chi connectivity index (χ0v) is 15.3. The molecule has 6 heteroatoms. The molecule has 0 radical (unpaired) electrons. The number of anilines is 2. The standard InChI is InChI=1S/C20H19ClN4O/c1-13-8-9-16(21)10-17(13)25-20(26)18-11-23-19(12-22-18)24-14(2)15-6-4-3-5-7-15/h3-12,14H,1-2H3,(H,23,24)(H,25,26). The molecule has 0 saturated carbocycles. The molecular weight excluding hydrogens is 348 g/mol. The summed E-state index contributed by atoms with van der Waals surface area (Å²) in [5.74, 6) is 0.280. The first-order valence-corrected chi connectivity index (χ1v) is 8.62. The molecule has 0 bridgehead atoms. The van der Waals surface area contributed by atoms with Gasteiger partial charge in [0.1, 0.15) is 11.5 Å². The summed E-state index contributed by atoms with van der Waals surface area (Å²) in [6.45, 7) is 3.94.